The van der Waals surface area contributed by atoms with Gasteiger partial charge >= 0.3 is 11.9 Å². The Morgan fingerprint density at radius 3 is 2.59 bits per heavy atom. The third-order valence-corrected chi connectivity index (χ3v) is 11.9. The number of hydrogen-bond acceptors (Lipinski definition) is 7. The summed E-state index contributed by atoms with van der Waals surface area (Å²) in [6.45, 7) is 8.51. The van der Waals surface area contributed by atoms with Crippen molar-refractivity contribution in [3.8, 4) is 0 Å². The van der Waals surface area contributed by atoms with Crippen LogP contribution in [0.3, 0.4) is 0 Å². The monoisotopic (exact) mass is 520 g/mol. The SMILES string of the molecule is CC(CCC(=O)OC(C)(C)C1COC(=O)C1)C1CCC2C3C(O)CC4CC(O)CCC4(C)C3CCC12O. The van der Waals surface area contributed by atoms with Crippen LogP contribution < -0.4 is 0 Å². The van der Waals surface area contributed by atoms with Gasteiger partial charge in [0.1, 0.15) is 5.60 Å². The Labute approximate surface area is 221 Å². The maximum absolute atomic E-state index is 12.7. The van der Waals surface area contributed by atoms with Gasteiger partial charge in [-0.05, 0) is 113 Å². The molecule has 7 nitrogen and oxygen atoms in total. The van der Waals surface area contributed by atoms with Crippen LogP contribution in [0, 0.1) is 46.8 Å². The molecule has 11 unspecified atom stereocenters. The lowest BCUT2D eigenvalue weighted by atomic mass is 9.45. The van der Waals surface area contributed by atoms with Crippen molar-refractivity contribution in [2.24, 2.45) is 46.8 Å². The van der Waals surface area contributed by atoms with Gasteiger partial charge in [-0.15, -0.1) is 0 Å². The largest absolute Gasteiger partial charge is 0.465 e. The number of carbonyl (C=O) groups excluding carboxylic acids is 2. The topological polar surface area (TPSA) is 113 Å². The van der Waals surface area contributed by atoms with E-state index in [1.807, 2.05) is 13.8 Å². The second kappa shape index (κ2) is 9.78. The van der Waals surface area contributed by atoms with Gasteiger partial charge < -0.3 is 24.8 Å². The summed E-state index contributed by atoms with van der Waals surface area (Å²) < 4.78 is 10.8. The van der Waals surface area contributed by atoms with Crippen molar-refractivity contribution in [1.82, 2.24) is 0 Å². The average molecular weight is 521 g/mol. The zero-order chi connectivity index (χ0) is 26.8. The molecule has 5 fully saturated rings. The molecule has 5 rings (SSSR count). The van der Waals surface area contributed by atoms with E-state index in [1.54, 1.807) is 0 Å². The molecular formula is C30H48O7. The lowest BCUT2D eigenvalue weighted by molar-refractivity contribution is -0.200. The molecule has 11 atom stereocenters. The Bertz CT molecular complexity index is 887. The molecule has 0 radical (unpaired) electrons. The molecular weight excluding hydrogens is 472 g/mol. The molecule has 4 aliphatic carbocycles. The first kappa shape index (κ1) is 27.4. The number of aliphatic hydroxyl groups excluding tert-OH is 2. The highest BCUT2D eigenvalue weighted by atomic mass is 16.6. The van der Waals surface area contributed by atoms with Crippen LogP contribution in [0.1, 0.15) is 98.3 Å². The zero-order valence-corrected chi connectivity index (χ0v) is 23.2. The molecule has 1 aliphatic heterocycles. The summed E-state index contributed by atoms with van der Waals surface area (Å²) in [5.41, 5.74) is -1.40. The first-order valence-electron chi connectivity index (χ1n) is 14.8. The number of cyclic esters (lactones) is 1. The first-order valence-corrected chi connectivity index (χ1v) is 14.8. The average Bonchev–Trinajstić information content (AvgIpc) is 3.42. The van der Waals surface area contributed by atoms with E-state index in [-0.39, 0.29) is 59.5 Å². The molecule has 0 aromatic heterocycles. The molecule has 0 aromatic carbocycles. The Hall–Kier alpha value is -1.18. The minimum Gasteiger partial charge on any atom is -0.465 e. The summed E-state index contributed by atoms with van der Waals surface area (Å²) in [4.78, 5) is 24.2. The normalized spacial score (nSPS) is 46.4. The molecule has 7 heteroatoms. The van der Waals surface area contributed by atoms with Crippen LogP contribution in [0.5, 0.6) is 0 Å². The summed E-state index contributed by atoms with van der Waals surface area (Å²) in [6, 6.07) is 0. The predicted octanol–water partition coefficient (Wildman–Crippen LogP) is 4.00. The van der Waals surface area contributed by atoms with Gasteiger partial charge in [0.25, 0.3) is 0 Å². The van der Waals surface area contributed by atoms with Crippen molar-refractivity contribution < 1.29 is 34.4 Å². The second-order valence-electron chi connectivity index (χ2n) is 14.1. The standard InChI is InChI=1S/C30H48O7/c1-17(5-8-25(33)37-28(2,3)19-15-26(34)36-16-19)21-6-7-23-27-22(10-12-30(21,23)35)29(4)11-9-20(31)13-18(29)14-24(27)32/h17-24,27,31-32,35H,5-16H2,1-4H3. The Morgan fingerprint density at radius 1 is 1.14 bits per heavy atom. The summed E-state index contributed by atoms with van der Waals surface area (Å²) in [7, 11) is 0. The number of rotatable bonds is 6. The molecule has 4 saturated carbocycles. The number of hydrogen-bond donors (Lipinski definition) is 3. The fraction of sp³-hybridized carbons (Fsp3) is 0.933. The minimum atomic E-state index is -0.788. The predicted molar refractivity (Wildman–Crippen MR) is 137 cm³/mol. The zero-order valence-electron chi connectivity index (χ0n) is 23.2. The third-order valence-electron chi connectivity index (χ3n) is 11.9. The fourth-order valence-electron chi connectivity index (χ4n) is 9.61. The molecule has 5 aliphatic rings. The third kappa shape index (κ3) is 4.75. The number of fused-ring (bicyclic) bond motifs is 5. The lowest BCUT2D eigenvalue weighted by Gasteiger charge is -2.61. The molecule has 1 heterocycles. The van der Waals surface area contributed by atoms with E-state index in [1.165, 1.54) is 0 Å². The first-order chi connectivity index (χ1) is 17.3. The van der Waals surface area contributed by atoms with Crippen LogP contribution >= 0.6 is 0 Å². The maximum Gasteiger partial charge on any atom is 0.306 e. The Kier molecular flexibility index (Phi) is 7.24. The number of aliphatic hydroxyl groups is 3. The van der Waals surface area contributed by atoms with Gasteiger partial charge in [0.2, 0.25) is 0 Å². The van der Waals surface area contributed by atoms with Gasteiger partial charge in [-0.3, -0.25) is 9.59 Å². The summed E-state index contributed by atoms with van der Waals surface area (Å²) in [5.74, 6) is 0.648. The second-order valence-corrected chi connectivity index (χ2v) is 14.1. The van der Waals surface area contributed by atoms with Crippen molar-refractivity contribution >= 4 is 11.9 Å². The van der Waals surface area contributed by atoms with Gasteiger partial charge in [-0.2, -0.15) is 0 Å². The molecule has 1 saturated heterocycles. The quantitative estimate of drug-likeness (QED) is 0.454. The summed E-state index contributed by atoms with van der Waals surface area (Å²) in [5, 5.41) is 33.7. The molecule has 0 bridgehead atoms. The Balaban J connectivity index is 1.21. The van der Waals surface area contributed by atoms with Crippen molar-refractivity contribution in [3.05, 3.63) is 0 Å². The van der Waals surface area contributed by atoms with Crippen LogP contribution in [0.2, 0.25) is 0 Å². The van der Waals surface area contributed by atoms with Crippen molar-refractivity contribution in [1.29, 1.82) is 0 Å². The molecule has 0 amide bonds. The molecule has 210 valence electrons. The van der Waals surface area contributed by atoms with Crippen LogP contribution in [0.4, 0.5) is 0 Å². The van der Waals surface area contributed by atoms with Gasteiger partial charge in [0.15, 0.2) is 0 Å². The molecule has 0 aromatic rings. The minimum absolute atomic E-state index is 0.101. The smallest absolute Gasteiger partial charge is 0.306 e. The van der Waals surface area contributed by atoms with E-state index in [4.69, 9.17) is 9.47 Å². The Morgan fingerprint density at radius 2 is 1.89 bits per heavy atom. The van der Waals surface area contributed by atoms with E-state index < -0.39 is 17.3 Å². The maximum atomic E-state index is 12.7. The van der Waals surface area contributed by atoms with Crippen LogP contribution in [-0.2, 0) is 19.1 Å². The number of esters is 2. The molecule has 0 spiro atoms. The van der Waals surface area contributed by atoms with Gasteiger partial charge in [-0.1, -0.05) is 13.8 Å². The highest BCUT2D eigenvalue weighted by Crippen LogP contribution is 2.65. The fourth-order valence-corrected chi connectivity index (χ4v) is 9.61. The highest BCUT2D eigenvalue weighted by Gasteiger charge is 2.64. The number of carbonyl (C=O) groups is 2. The van der Waals surface area contributed by atoms with E-state index in [9.17, 15) is 24.9 Å². The summed E-state index contributed by atoms with van der Waals surface area (Å²) in [6.07, 6.45) is 7.51. The lowest BCUT2D eigenvalue weighted by Crippen LogP contribution is -2.61. The molecule has 37 heavy (non-hydrogen) atoms. The van der Waals surface area contributed by atoms with E-state index >= 15 is 0 Å². The van der Waals surface area contributed by atoms with Crippen molar-refractivity contribution in [3.63, 3.8) is 0 Å². The highest BCUT2D eigenvalue weighted by molar-refractivity contribution is 5.72. The van der Waals surface area contributed by atoms with Crippen LogP contribution in [-0.4, -0.2) is 57.3 Å². The van der Waals surface area contributed by atoms with Gasteiger partial charge in [0.05, 0.1) is 30.8 Å². The van der Waals surface area contributed by atoms with E-state index in [0.717, 1.165) is 51.4 Å². The van der Waals surface area contributed by atoms with Crippen LogP contribution in [0.15, 0.2) is 0 Å². The summed E-state index contributed by atoms with van der Waals surface area (Å²) >= 11 is 0. The van der Waals surface area contributed by atoms with Gasteiger partial charge in [0, 0.05) is 12.3 Å². The van der Waals surface area contributed by atoms with E-state index in [0.29, 0.717) is 31.3 Å². The van der Waals surface area contributed by atoms with Crippen LogP contribution in [0.25, 0.3) is 0 Å². The van der Waals surface area contributed by atoms with E-state index in [2.05, 4.69) is 13.8 Å². The van der Waals surface area contributed by atoms with Gasteiger partial charge in [-0.25, -0.2) is 0 Å². The van der Waals surface area contributed by atoms with Crippen molar-refractivity contribution in [2.75, 3.05) is 6.61 Å². The van der Waals surface area contributed by atoms with Crippen molar-refractivity contribution in [2.45, 2.75) is 122 Å². The number of ether oxygens (including phenoxy) is 2. The molecule has 3 N–H and O–H groups in total.